The summed E-state index contributed by atoms with van der Waals surface area (Å²) >= 11 is 0. The van der Waals surface area contributed by atoms with E-state index in [0.29, 0.717) is 0 Å². The number of hydrogen-bond acceptors (Lipinski definition) is 43. The molecule has 0 bridgehead atoms. The first-order chi connectivity index (χ1) is 47.2. The minimum Gasteiger partial charge on any atom is -0.463 e. The van der Waals surface area contributed by atoms with Gasteiger partial charge in [-0.15, -0.1) is 0 Å². The minimum absolute atomic E-state index is 0.634. The number of hydrogen-bond donors (Lipinski definition) is 11. The summed E-state index contributed by atoms with van der Waals surface area (Å²) in [6.07, 6.45) is -45.0. The predicted octanol–water partition coefficient (Wildman–Crippen LogP) is -8.86. The van der Waals surface area contributed by atoms with E-state index in [2.05, 4.69) is 0 Å². The Labute approximate surface area is 572 Å². The third-order valence-electron chi connectivity index (χ3n) is 15.3. The van der Waals surface area contributed by atoms with Gasteiger partial charge < -0.3 is 156 Å². The lowest BCUT2D eigenvalue weighted by molar-refractivity contribution is -0.388. The zero-order valence-corrected chi connectivity index (χ0v) is 56.2. The molecule has 576 valence electrons. The second-order valence-electron chi connectivity index (χ2n) is 23.3. The maximum atomic E-state index is 12.8. The molecule has 0 aromatic rings. The van der Waals surface area contributed by atoms with E-state index in [1.54, 1.807) is 0 Å². The third kappa shape index (κ3) is 22.4. The lowest BCUT2D eigenvalue weighted by Gasteiger charge is -2.47. The highest BCUT2D eigenvalue weighted by Crippen LogP contribution is 2.43. The summed E-state index contributed by atoms with van der Waals surface area (Å²) in [4.78, 5) is 137. The highest BCUT2D eigenvalue weighted by molar-refractivity contribution is 5.71. The predicted molar refractivity (Wildman–Crippen MR) is 308 cm³/mol. The van der Waals surface area contributed by atoms with Crippen LogP contribution in [0.5, 0.6) is 0 Å². The SMILES string of the molecule is CC(=O)OCC1O[C@H](OCC2O[C@H](O[C@]3(COC(C)=O)O[C@H](COC(C)=O)[C@@H](OC(C)=O)[C@H]3OC(C)=O)C(OC(C)=O)[C@@H](OC(C)=O)[C@@H]2OC(C)=O)C(OC(C)=O)[C@@H](OC(C)=O)[C@H]1OC(C)=O.OCC1O[C@H](OCC2O[C@H](O[C@]3(CO)O[C@H](CO)[C@@H](O)[C@H]3O)C(O)[C@@H](O)[C@@H]2O)C(O)[C@@H](O)[C@H]1O. The summed E-state index contributed by atoms with van der Waals surface area (Å²) in [5.41, 5.74) is 0. The molecule has 6 saturated heterocycles. The maximum Gasteiger partial charge on any atom is 0.303 e. The number of rotatable bonds is 27. The van der Waals surface area contributed by atoms with Crippen molar-refractivity contribution in [3.05, 3.63) is 0 Å². The van der Waals surface area contributed by atoms with E-state index in [0.717, 1.165) is 76.2 Å². The third-order valence-corrected chi connectivity index (χ3v) is 15.3. The first kappa shape index (κ1) is 85.0. The molecule has 43 nitrogen and oxygen atoms in total. The number of carbonyl (C=O) groups is 11. The van der Waals surface area contributed by atoms with Gasteiger partial charge in [-0.2, -0.15) is 0 Å². The summed E-state index contributed by atoms with van der Waals surface area (Å²) < 4.78 is 117. The molecule has 6 fully saturated rings. The molecule has 0 amide bonds. The van der Waals surface area contributed by atoms with Crippen LogP contribution in [-0.4, -0.2) is 346 Å². The average molecular weight is 1470 g/mol. The zero-order valence-electron chi connectivity index (χ0n) is 56.2. The monoisotopic (exact) mass is 1470 g/mol. The van der Waals surface area contributed by atoms with Crippen LogP contribution in [0.2, 0.25) is 0 Å². The van der Waals surface area contributed by atoms with Gasteiger partial charge in [-0.25, -0.2) is 0 Å². The second-order valence-corrected chi connectivity index (χ2v) is 23.3. The summed E-state index contributed by atoms with van der Waals surface area (Å²) in [5, 5.41) is 109. The number of ether oxygens (including phenoxy) is 21. The van der Waals surface area contributed by atoms with Gasteiger partial charge in [0.2, 0.25) is 17.9 Å². The van der Waals surface area contributed by atoms with Gasteiger partial charge in [-0.1, -0.05) is 0 Å². The molecule has 8 unspecified atom stereocenters. The van der Waals surface area contributed by atoms with Crippen molar-refractivity contribution in [2.24, 2.45) is 0 Å². The molecule has 6 heterocycles. The Kier molecular flexibility index (Phi) is 31.7. The molecule has 0 radical (unpaired) electrons. The van der Waals surface area contributed by atoms with Crippen molar-refractivity contribution < 1.29 is 208 Å². The number of carbonyl (C=O) groups excluding carboxylic acids is 11. The molecule has 101 heavy (non-hydrogen) atoms. The van der Waals surface area contributed by atoms with E-state index < -0.39 is 290 Å². The summed E-state index contributed by atoms with van der Waals surface area (Å²) in [6, 6.07) is 0. The van der Waals surface area contributed by atoms with Crippen LogP contribution in [0, 0.1) is 0 Å². The molecule has 28 atom stereocenters. The molecule has 6 rings (SSSR count). The Morgan fingerprint density at radius 1 is 0.307 bits per heavy atom. The Morgan fingerprint density at radius 2 is 0.663 bits per heavy atom. The smallest absolute Gasteiger partial charge is 0.303 e. The topological polar surface area (TPSA) is 604 Å². The van der Waals surface area contributed by atoms with Crippen molar-refractivity contribution in [1.82, 2.24) is 0 Å². The van der Waals surface area contributed by atoms with Crippen LogP contribution < -0.4 is 0 Å². The largest absolute Gasteiger partial charge is 0.463 e. The second kappa shape index (κ2) is 37.7. The van der Waals surface area contributed by atoms with Crippen LogP contribution in [0.4, 0.5) is 0 Å². The molecular weight excluding hydrogens is 1380 g/mol. The van der Waals surface area contributed by atoms with Crippen molar-refractivity contribution in [3.63, 3.8) is 0 Å². The van der Waals surface area contributed by atoms with Gasteiger partial charge in [0, 0.05) is 76.2 Å². The van der Waals surface area contributed by atoms with Crippen LogP contribution in [-0.2, 0) is 152 Å². The van der Waals surface area contributed by atoms with Crippen LogP contribution in [0.25, 0.3) is 0 Å². The fourth-order valence-corrected chi connectivity index (χ4v) is 11.1. The highest BCUT2D eigenvalue weighted by Gasteiger charge is 2.66. The lowest BCUT2D eigenvalue weighted by Crippen LogP contribution is -2.66. The molecule has 0 spiro atoms. The first-order valence-electron chi connectivity index (χ1n) is 30.9. The van der Waals surface area contributed by atoms with Gasteiger partial charge in [0.1, 0.15) is 112 Å². The Hall–Kier alpha value is -6.67. The van der Waals surface area contributed by atoms with E-state index in [1.807, 2.05) is 0 Å². The van der Waals surface area contributed by atoms with E-state index in [-0.39, 0.29) is 0 Å². The van der Waals surface area contributed by atoms with Gasteiger partial charge in [0.05, 0.1) is 26.4 Å². The molecule has 0 aromatic carbocycles. The fourth-order valence-electron chi connectivity index (χ4n) is 11.1. The fraction of sp³-hybridized carbons (Fsp3) is 0.810. The normalized spacial score (nSPS) is 38.2. The van der Waals surface area contributed by atoms with Crippen LogP contribution in [0.15, 0.2) is 0 Å². The molecule has 0 saturated carbocycles. The standard InChI is InChI=1S/C40H54O27.C18H32O16/c1-16(41)52-12-27-30(56-19(4)44)33(59-22(7)47)35(61-24(9)49)38(64-27)54-13-28-31(57-20(5)45)34(60-23(8)48)36(62-25(10)50)39(65-28)67-40(15-55-18(3)43)37(63-26(11)51)32(58-21(6)46)29(66-40)14-53-17(2)42;19-1-5-8(22)11(25)13(27)16(31-5)30-3-7-9(23)12(26)14(28)17(32-7)34-18(4-21)15(29)10(24)6(2-20)33-18/h27-39H,12-15H2,1-11H3;5-17,19-29H,1-4H2/t27?,28?,29-,30+,31-,32-,33+,34+,35?,36?,37-,38+,39-,40+;5?,6-,7?,8+,9-,10-,11+,12+,13?,14?,15-,16+,17-,18+/m11/s1. The molecular formula is C58H86O43. The van der Waals surface area contributed by atoms with Crippen LogP contribution in [0.1, 0.15) is 76.2 Å². The van der Waals surface area contributed by atoms with E-state index >= 15 is 0 Å². The highest BCUT2D eigenvalue weighted by atomic mass is 16.8. The Bertz CT molecular complexity index is 2840. The molecule has 11 N–H and O–H groups in total. The number of aliphatic hydroxyl groups is 11. The average Bonchev–Trinajstić information content (AvgIpc) is 1.69. The van der Waals surface area contributed by atoms with Crippen molar-refractivity contribution >= 4 is 65.7 Å². The Balaban J connectivity index is 0.000000449. The summed E-state index contributed by atoms with van der Waals surface area (Å²) in [6.45, 7) is 4.37. The molecule has 6 aliphatic heterocycles. The van der Waals surface area contributed by atoms with Gasteiger partial charge in [-0.05, 0) is 0 Å². The van der Waals surface area contributed by atoms with E-state index in [1.165, 1.54) is 0 Å². The summed E-state index contributed by atoms with van der Waals surface area (Å²) in [5.74, 6) is -15.7. The van der Waals surface area contributed by atoms with Crippen LogP contribution >= 0.6 is 0 Å². The van der Waals surface area contributed by atoms with Crippen LogP contribution in [0.3, 0.4) is 0 Å². The van der Waals surface area contributed by atoms with Gasteiger partial charge >= 0.3 is 65.7 Å². The maximum absolute atomic E-state index is 12.8. The zero-order chi connectivity index (χ0) is 75.9. The number of aliphatic hydroxyl groups excluding tert-OH is 11. The minimum atomic E-state index is -2.66. The van der Waals surface area contributed by atoms with Gasteiger partial charge in [-0.3, -0.25) is 52.7 Å². The van der Waals surface area contributed by atoms with E-state index in [4.69, 9.17) is 99.5 Å². The lowest BCUT2D eigenvalue weighted by atomic mass is 9.97. The number of esters is 11. The summed E-state index contributed by atoms with van der Waals surface area (Å²) in [7, 11) is 0. The first-order valence-corrected chi connectivity index (χ1v) is 30.9. The van der Waals surface area contributed by atoms with Crippen molar-refractivity contribution in [3.8, 4) is 0 Å². The molecule has 43 heteroatoms. The quantitative estimate of drug-likeness (QED) is 0.0269. The molecule has 0 aromatic heterocycles. The van der Waals surface area contributed by atoms with E-state index in [9.17, 15) is 109 Å². The van der Waals surface area contributed by atoms with Crippen molar-refractivity contribution in [2.45, 2.75) is 247 Å². The molecule has 0 aliphatic carbocycles. The Morgan fingerprint density at radius 3 is 1.12 bits per heavy atom. The van der Waals surface area contributed by atoms with Gasteiger partial charge in [0.15, 0.2) is 67.7 Å². The molecule has 6 aliphatic rings. The van der Waals surface area contributed by atoms with Gasteiger partial charge in [0.25, 0.3) is 0 Å². The van der Waals surface area contributed by atoms with Crippen molar-refractivity contribution in [2.75, 3.05) is 52.9 Å². The van der Waals surface area contributed by atoms with Crippen molar-refractivity contribution in [1.29, 1.82) is 0 Å².